The molecule has 2 nitrogen and oxygen atoms in total. The molecule has 0 amide bonds. The summed E-state index contributed by atoms with van der Waals surface area (Å²) >= 11 is 0. The van der Waals surface area contributed by atoms with Gasteiger partial charge in [0.25, 0.3) is 0 Å². The van der Waals surface area contributed by atoms with Crippen LogP contribution in [0.25, 0.3) is 0 Å². The fourth-order valence-corrected chi connectivity index (χ4v) is 2.91. The molecule has 2 aromatic rings. The maximum Gasteiger partial charge on any atom is 0.0875 e. The lowest BCUT2D eigenvalue weighted by molar-refractivity contribution is 0.186. The Morgan fingerprint density at radius 1 is 0.647 bits per heavy atom. The molecule has 0 heterocycles. The summed E-state index contributed by atoms with van der Waals surface area (Å²) in [5, 5.41) is 18.3. The minimum absolute atomic E-state index is 0.125. The number of aliphatic hydroxyl groups excluding tert-OH is 2. The smallest absolute Gasteiger partial charge is 0.0875 e. The van der Waals surface area contributed by atoms with E-state index in [9.17, 15) is 0 Å². The number of rotatable bonds is 3. The van der Waals surface area contributed by atoms with Crippen molar-refractivity contribution in [3.8, 4) is 0 Å². The van der Waals surface area contributed by atoms with Gasteiger partial charge in [-0.1, -0.05) is 71.0 Å². The van der Waals surface area contributed by atoms with Crippen LogP contribution in [0.3, 0.4) is 0 Å². The van der Waals surface area contributed by atoms with Crippen molar-refractivity contribution in [3.63, 3.8) is 0 Å². The van der Waals surface area contributed by atoms with Crippen molar-refractivity contribution in [2.45, 2.75) is 0 Å². The molecule has 0 aliphatic carbocycles. The van der Waals surface area contributed by atoms with Gasteiger partial charge in [0.05, 0.1) is 22.7 Å². The summed E-state index contributed by atoms with van der Waals surface area (Å²) in [6.07, 6.45) is 0. The van der Waals surface area contributed by atoms with Gasteiger partial charge in [0.15, 0.2) is 0 Å². The van der Waals surface area contributed by atoms with Crippen molar-refractivity contribution < 1.29 is 10.2 Å². The van der Waals surface area contributed by atoms with E-state index in [0.29, 0.717) is 0 Å². The van der Waals surface area contributed by atoms with E-state index in [2.05, 4.69) is 60.7 Å². The van der Waals surface area contributed by atoms with Gasteiger partial charge in [0, 0.05) is 0 Å². The molecule has 17 heavy (non-hydrogen) atoms. The highest BCUT2D eigenvalue weighted by Gasteiger charge is 1.93. The molecule has 0 bridgehead atoms. The first kappa shape index (κ1) is 13.6. The zero-order valence-electron chi connectivity index (χ0n) is 9.79. The van der Waals surface area contributed by atoms with Gasteiger partial charge in [0.2, 0.25) is 0 Å². The van der Waals surface area contributed by atoms with Crippen LogP contribution in [0.2, 0.25) is 0 Å². The molecule has 0 saturated heterocycles. The lowest BCUT2D eigenvalue weighted by Gasteiger charge is -1.99. The molecule has 0 unspecified atom stereocenters. The molecular weight excluding hydrogens is 228 g/mol. The van der Waals surface area contributed by atoms with Crippen molar-refractivity contribution in [1.82, 2.24) is 0 Å². The van der Waals surface area contributed by atoms with Crippen molar-refractivity contribution >= 4 is 19.9 Å². The third kappa shape index (κ3) is 6.02. The second kappa shape index (κ2) is 8.70. The van der Waals surface area contributed by atoms with Gasteiger partial charge in [-0.3, -0.25) is 0 Å². The minimum atomic E-state index is -0.234. The van der Waals surface area contributed by atoms with Crippen molar-refractivity contribution in [2.24, 2.45) is 0 Å². The summed E-state index contributed by atoms with van der Waals surface area (Å²) in [5.41, 5.74) is 0. The molecular formula is C14H18O2Si. The Bertz CT molecular complexity index is 350. The maximum absolute atomic E-state index is 7.62. The van der Waals surface area contributed by atoms with E-state index < -0.39 is 0 Å². The Kier molecular flexibility index (Phi) is 6.98. The molecule has 0 spiro atoms. The fourth-order valence-electron chi connectivity index (χ4n) is 1.43. The van der Waals surface area contributed by atoms with Crippen LogP contribution in [0, 0.1) is 0 Å². The molecule has 2 N–H and O–H groups in total. The minimum Gasteiger partial charge on any atom is -0.394 e. The molecule has 2 aromatic carbocycles. The Morgan fingerprint density at radius 3 is 1.29 bits per heavy atom. The predicted octanol–water partition coefficient (Wildman–Crippen LogP) is -0.223. The van der Waals surface area contributed by atoms with Gasteiger partial charge in [-0.25, -0.2) is 0 Å². The number of hydrogen-bond donors (Lipinski definition) is 2. The van der Waals surface area contributed by atoms with Gasteiger partial charge >= 0.3 is 0 Å². The lowest BCUT2D eigenvalue weighted by Crippen LogP contribution is -2.26. The van der Waals surface area contributed by atoms with E-state index in [1.54, 1.807) is 0 Å². The summed E-state index contributed by atoms with van der Waals surface area (Å²) in [5.74, 6) is 0. The van der Waals surface area contributed by atoms with Gasteiger partial charge in [-0.15, -0.1) is 0 Å². The van der Waals surface area contributed by atoms with Crippen molar-refractivity contribution in [1.29, 1.82) is 0 Å². The van der Waals surface area contributed by atoms with Crippen molar-refractivity contribution in [2.75, 3.05) is 13.2 Å². The van der Waals surface area contributed by atoms with E-state index in [0.717, 1.165) is 0 Å². The first-order valence-electron chi connectivity index (χ1n) is 5.66. The molecule has 90 valence electrons. The SMILES string of the molecule is OCCO.c1ccc([SiH2]c2ccccc2)cc1. The molecule has 0 aliphatic heterocycles. The average Bonchev–Trinajstić information content (AvgIpc) is 2.41. The summed E-state index contributed by atoms with van der Waals surface area (Å²) in [7, 11) is -0.234. The van der Waals surface area contributed by atoms with E-state index in [1.165, 1.54) is 10.4 Å². The van der Waals surface area contributed by atoms with Crippen LogP contribution in [0.1, 0.15) is 0 Å². The van der Waals surface area contributed by atoms with Crippen LogP contribution >= 0.6 is 0 Å². The summed E-state index contributed by atoms with van der Waals surface area (Å²) in [6.45, 7) is -0.250. The highest BCUT2D eigenvalue weighted by Crippen LogP contribution is 1.84. The van der Waals surface area contributed by atoms with Gasteiger partial charge in [-0.05, 0) is 0 Å². The van der Waals surface area contributed by atoms with Crippen LogP contribution in [-0.2, 0) is 0 Å². The Balaban J connectivity index is 0.000000317. The van der Waals surface area contributed by atoms with Crippen LogP contribution in [0.15, 0.2) is 60.7 Å². The molecule has 0 radical (unpaired) electrons. The zero-order valence-corrected chi connectivity index (χ0v) is 11.2. The van der Waals surface area contributed by atoms with E-state index >= 15 is 0 Å². The zero-order chi connectivity index (χ0) is 12.3. The van der Waals surface area contributed by atoms with Crippen LogP contribution < -0.4 is 10.4 Å². The molecule has 0 aromatic heterocycles. The molecule has 0 aliphatic rings. The average molecular weight is 246 g/mol. The largest absolute Gasteiger partial charge is 0.394 e. The molecule has 3 heteroatoms. The first-order chi connectivity index (χ1) is 8.36. The van der Waals surface area contributed by atoms with Gasteiger partial charge < -0.3 is 10.2 Å². The normalized spacial score (nSPS) is 9.29. The van der Waals surface area contributed by atoms with Crippen LogP contribution in [0.4, 0.5) is 0 Å². The predicted molar refractivity (Wildman–Crippen MR) is 74.9 cm³/mol. The van der Waals surface area contributed by atoms with Crippen LogP contribution in [-0.4, -0.2) is 32.9 Å². The third-order valence-corrected chi connectivity index (χ3v) is 3.95. The second-order valence-corrected chi connectivity index (χ2v) is 5.58. The van der Waals surface area contributed by atoms with Gasteiger partial charge in [-0.2, -0.15) is 0 Å². The highest BCUT2D eigenvalue weighted by molar-refractivity contribution is 6.67. The quantitative estimate of drug-likeness (QED) is 0.735. The summed E-state index contributed by atoms with van der Waals surface area (Å²) in [4.78, 5) is 0. The second-order valence-electron chi connectivity index (χ2n) is 3.60. The number of benzene rings is 2. The summed E-state index contributed by atoms with van der Waals surface area (Å²) in [6, 6.07) is 21.5. The van der Waals surface area contributed by atoms with E-state index in [4.69, 9.17) is 10.2 Å². The molecule has 0 atom stereocenters. The first-order valence-corrected chi connectivity index (χ1v) is 7.08. The van der Waals surface area contributed by atoms with E-state index in [-0.39, 0.29) is 22.7 Å². The fraction of sp³-hybridized carbons (Fsp3) is 0.143. The van der Waals surface area contributed by atoms with E-state index in [1.807, 2.05) is 0 Å². The monoisotopic (exact) mass is 246 g/mol. The number of aliphatic hydroxyl groups is 2. The standard InChI is InChI=1S/C12H12Si.C2H6O2/c1-3-7-11(8-4-1)13-12-9-5-2-6-10-12;3-1-2-4/h1-10H,13H2;3-4H,1-2H2. The Morgan fingerprint density at radius 2 is 1.00 bits per heavy atom. The topological polar surface area (TPSA) is 40.5 Å². The highest BCUT2D eigenvalue weighted by atomic mass is 28.2. The lowest BCUT2D eigenvalue weighted by atomic mass is 10.4. The number of hydrogen-bond acceptors (Lipinski definition) is 2. The van der Waals surface area contributed by atoms with Crippen molar-refractivity contribution in [3.05, 3.63) is 60.7 Å². The van der Waals surface area contributed by atoms with Crippen LogP contribution in [0.5, 0.6) is 0 Å². The molecule has 0 saturated carbocycles. The molecule has 2 rings (SSSR count). The van der Waals surface area contributed by atoms with Gasteiger partial charge in [0.1, 0.15) is 0 Å². The summed E-state index contributed by atoms with van der Waals surface area (Å²) < 4.78 is 0. The Labute approximate surface area is 104 Å². The Hall–Kier alpha value is -1.42. The molecule has 0 fully saturated rings. The third-order valence-electron chi connectivity index (χ3n) is 2.19. The maximum atomic E-state index is 7.62.